The minimum absolute atomic E-state index is 0.0784. The van der Waals surface area contributed by atoms with Crippen LogP contribution in [-0.2, 0) is 30.5 Å². The van der Waals surface area contributed by atoms with Crippen LogP contribution in [0.15, 0.2) is 36.7 Å². The Labute approximate surface area is 239 Å². The van der Waals surface area contributed by atoms with Gasteiger partial charge >= 0.3 is 6.18 Å². The summed E-state index contributed by atoms with van der Waals surface area (Å²) in [6, 6.07) is 4.87. The molecule has 1 saturated heterocycles. The van der Waals surface area contributed by atoms with E-state index in [0.29, 0.717) is 73.5 Å². The number of carbonyl (C=O) groups is 1. The van der Waals surface area contributed by atoms with Gasteiger partial charge in [0.25, 0.3) is 0 Å². The van der Waals surface area contributed by atoms with Crippen molar-refractivity contribution in [1.29, 1.82) is 0 Å². The summed E-state index contributed by atoms with van der Waals surface area (Å²) in [4.78, 5) is 22.0. The molecule has 214 valence electrons. The van der Waals surface area contributed by atoms with Gasteiger partial charge in [0.05, 0.1) is 39.6 Å². The Hall–Kier alpha value is -2.86. The molecule has 0 bridgehead atoms. The molecule has 2 aromatic heterocycles. The molecule has 5 rings (SSSR count). The van der Waals surface area contributed by atoms with Crippen molar-refractivity contribution < 1.29 is 23.1 Å². The van der Waals surface area contributed by atoms with Crippen molar-refractivity contribution in [3.63, 3.8) is 0 Å². The fraction of sp³-hybridized carbons (Fsp3) is 0.444. The number of aromatic nitrogens is 3. The number of anilines is 1. The second-order valence-electron chi connectivity index (χ2n) is 10.1. The van der Waals surface area contributed by atoms with Crippen LogP contribution < -0.4 is 4.90 Å². The zero-order chi connectivity index (χ0) is 28.6. The van der Waals surface area contributed by atoms with E-state index < -0.39 is 17.8 Å². The van der Waals surface area contributed by atoms with Gasteiger partial charge in [-0.1, -0.05) is 35.3 Å². The number of amides is 1. The standard InChI is InChI=1S/C27H29Cl2F3N6O2/c1-17(39)37-7-6-24-21(16-37)25(18-2-4-19(5-3-18)27(30,31)32)34-38(24)15-20(40)14-35-8-10-36(11-9-35)26-22(28)12-33-13-23(26)29/h2-5,12-13,20,40H,6-11,14-16H2,1H3. The number of hydrogen-bond donors (Lipinski definition) is 1. The van der Waals surface area contributed by atoms with Crippen LogP contribution in [0.5, 0.6) is 0 Å². The number of hydrogen-bond acceptors (Lipinski definition) is 6. The Kier molecular flexibility index (Phi) is 8.28. The van der Waals surface area contributed by atoms with Crippen LogP contribution in [0.25, 0.3) is 11.3 Å². The maximum absolute atomic E-state index is 13.1. The number of benzene rings is 1. The molecule has 2 aliphatic rings. The highest BCUT2D eigenvalue weighted by Gasteiger charge is 2.32. The summed E-state index contributed by atoms with van der Waals surface area (Å²) in [6.07, 6.45) is -1.48. The van der Waals surface area contributed by atoms with Gasteiger partial charge < -0.3 is 14.9 Å². The molecular formula is C27H29Cl2F3N6O2. The number of alkyl halides is 3. The van der Waals surface area contributed by atoms with Gasteiger partial charge in [0.2, 0.25) is 5.91 Å². The Morgan fingerprint density at radius 2 is 1.68 bits per heavy atom. The Morgan fingerprint density at radius 1 is 1.02 bits per heavy atom. The molecule has 3 aromatic rings. The quantitative estimate of drug-likeness (QED) is 0.456. The summed E-state index contributed by atoms with van der Waals surface area (Å²) in [5.74, 6) is -0.0784. The number of β-amino-alcohol motifs (C(OH)–C–C–N with tert-alkyl or cyclic N) is 1. The van der Waals surface area contributed by atoms with E-state index in [1.165, 1.54) is 19.1 Å². The third kappa shape index (κ3) is 6.07. The molecule has 0 radical (unpaired) electrons. The number of pyridine rings is 1. The average Bonchev–Trinajstić information content (AvgIpc) is 3.26. The highest BCUT2D eigenvalue weighted by atomic mass is 35.5. The van der Waals surface area contributed by atoms with Crippen molar-refractivity contribution in [2.45, 2.75) is 38.7 Å². The van der Waals surface area contributed by atoms with E-state index in [0.717, 1.165) is 29.1 Å². The van der Waals surface area contributed by atoms with Gasteiger partial charge in [-0.25, -0.2) is 0 Å². The van der Waals surface area contributed by atoms with Crippen LogP contribution >= 0.6 is 23.2 Å². The number of piperazine rings is 1. The number of aliphatic hydroxyl groups is 1. The number of nitrogens with zero attached hydrogens (tertiary/aromatic N) is 6. The largest absolute Gasteiger partial charge is 0.416 e. The van der Waals surface area contributed by atoms with E-state index in [2.05, 4.69) is 14.8 Å². The minimum atomic E-state index is -4.44. The molecule has 8 nitrogen and oxygen atoms in total. The maximum Gasteiger partial charge on any atom is 0.416 e. The van der Waals surface area contributed by atoms with Gasteiger partial charge in [-0.2, -0.15) is 18.3 Å². The molecule has 1 N–H and O–H groups in total. The second kappa shape index (κ2) is 11.6. The SMILES string of the molecule is CC(=O)N1CCc2c(c(-c3ccc(C(F)(F)F)cc3)nn2CC(O)CN2CCN(c3c(Cl)cncc3Cl)CC2)C1. The first-order valence-corrected chi connectivity index (χ1v) is 13.7. The molecular weight excluding hydrogens is 568 g/mol. The van der Waals surface area contributed by atoms with E-state index in [1.54, 1.807) is 22.0 Å². The molecule has 40 heavy (non-hydrogen) atoms. The number of halogens is 5. The van der Waals surface area contributed by atoms with Gasteiger partial charge in [0.1, 0.15) is 0 Å². The van der Waals surface area contributed by atoms with Crippen LogP contribution in [0.3, 0.4) is 0 Å². The van der Waals surface area contributed by atoms with Crippen molar-refractivity contribution in [2.24, 2.45) is 0 Å². The summed E-state index contributed by atoms with van der Waals surface area (Å²) in [5, 5.41) is 16.7. The minimum Gasteiger partial charge on any atom is -0.390 e. The topological polar surface area (TPSA) is 77.7 Å². The molecule has 0 aliphatic carbocycles. The third-order valence-corrected chi connectivity index (χ3v) is 7.99. The lowest BCUT2D eigenvalue weighted by Gasteiger charge is -2.37. The molecule has 4 heterocycles. The number of carbonyl (C=O) groups excluding carboxylic acids is 1. The fourth-order valence-electron chi connectivity index (χ4n) is 5.38. The fourth-order valence-corrected chi connectivity index (χ4v) is 5.98. The Morgan fingerprint density at radius 3 is 2.27 bits per heavy atom. The number of aliphatic hydroxyl groups excluding tert-OH is 1. The summed E-state index contributed by atoms with van der Waals surface area (Å²) in [5.41, 5.74) is 2.77. The molecule has 0 saturated carbocycles. The van der Waals surface area contributed by atoms with E-state index >= 15 is 0 Å². The summed E-state index contributed by atoms with van der Waals surface area (Å²) in [7, 11) is 0. The van der Waals surface area contributed by atoms with Gasteiger partial charge in [-0.05, 0) is 12.1 Å². The first kappa shape index (κ1) is 28.7. The van der Waals surface area contributed by atoms with Crippen LogP contribution in [0.1, 0.15) is 23.7 Å². The van der Waals surface area contributed by atoms with Crippen LogP contribution in [-0.4, -0.2) is 81.0 Å². The first-order chi connectivity index (χ1) is 19.0. The van der Waals surface area contributed by atoms with Crippen molar-refractivity contribution >= 4 is 34.8 Å². The van der Waals surface area contributed by atoms with Gasteiger partial charge in [0.15, 0.2) is 0 Å². The van der Waals surface area contributed by atoms with Crippen molar-refractivity contribution in [1.82, 2.24) is 24.6 Å². The van der Waals surface area contributed by atoms with Crippen molar-refractivity contribution in [3.05, 3.63) is 63.5 Å². The van der Waals surface area contributed by atoms with Crippen LogP contribution in [0.4, 0.5) is 18.9 Å². The Bertz CT molecular complexity index is 1350. The predicted molar refractivity (Wildman–Crippen MR) is 146 cm³/mol. The highest BCUT2D eigenvalue weighted by Crippen LogP contribution is 2.35. The first-order valence-electron chi connectivity index (χ1n) is 13.0. The molecule has 1 unspecified atom stereocenters. The van der Waals surface area contributed by atoms with E-state index in [4.69, 9.17) is 28.3 Å². The van der Waals surface area contributed by atoms with E-state index in [9.17, 15) is 23.1 Å². The number of fused-ring (bicyclic) bond motifs is 1. The molecule has 1 amide bonds. The molecule has 0 spiro atoms. The highest BCUT2D eigenvalue weighted by molar-refractivity contribution is 6.38. The summed E-state index contributed by atoms with van der Waals surface area (Å²) >= 11 is 12.6. The Balaban J connectivity index is 1.30. The van der Waals surface area contributed by atoms with Crippen LogP contribution in [0, 0.1) is 0 Å². The molecule has 1 aromatic carbocycles. The normalized spacial score (nSPS) is 17.2. The van der Waals surface area contributed by atoms with Gasteiger partial charge in [-0.3, -0.25) is 19.4 Å². The van der Waals surface area contributed by atoms with Gasteiger partial charge in [0, 0.05) is 88.4 Å². The van der Waals surface area contributed by atoms with Crippen LogP contribution in [0.2, 0.25) is 10.0 Å². The van der Waals surface area contributed by atoms with Crippen molar-refractivity contribution in [2.75, 3.05) is 44.2 Å². The molecule has 1 fully saturated rings. The zero-order valence-corrected chi connectivity index (χ0v) is 23.3. The monoisotopic (exact) mass is 596 g/mol. The van der Waals surface area contributed by atoms with Crippen molar-refractivity contribution in [3.8, 4) is 11.3 Å². The smallest absolute Gasteiger partial charge is 0.390 e. The van der Waals surface area contributed by atoms with E-state index in [1.807, 2.05) is 0 Å². The number of rotatable bonds is 6. The predicted octanol–water partition coefficient (Wildman–Crippen LogP) is 4.36. The third-order valence-electron chi connectivity index (χ3n) is 7.43. The average molecular weight is 597 g/mol. The van der Waals surface area contributed by atoms with E-state index in [-0.39, 0.29) is 12.5 Å². The second-order valence-corrected chi connectivity index (χ2v) is 10.9. The zero-order valence-electron chi connectivity index (χ0n) is 21.8. The summed E-state index contributed by atoms with van der Waals surface area (Å²) < 4.78 is 41.1. The lowest BCUT2D eigenvalue weighted by Crippen LogP contribution is -2.49. The lowest BCUT2D eigenvalue weighted by atomic mass is 10.00. The lowest BCUT2D eigenvalue weighted by molar-refractivity contribution is -0.137. The molecule has 1 atom stereocenters. The summed E-state index contributed by atoms with van der Waals surface area (Å²) in [6.45, 7) is 5.76. The maximum atomic E-state index is 13.1. The van der Waals surface area contributed by atoms with Gasteiger partial charge in [-0.15, -0.1) is 0 Å². The molecule has 2 aliphatic heterocycles. The molecule has 13 heteroatoms.